The van der Waals surface area contributed by atoms with Gasteiger partial charge in [-0.05, 0) is 24.3 Å². The van der Waals surface area contributed by atoms with Crippen LogP contribution in [0.5, 0.6) is 0 Å². The summed E-state index contributed by atoms with van der Waals surface area (Å²) in [6.07, 6.45) is 1.60. The molecular formula is C19H12FN3O3. The average Bonchev–Trinajstić information content (AvgIpc) is 2.88. The van der Waals surface area contributed by atoms with E-state index in [9.17, 15) is 18.8 Å². The highest BCUT2D eigenvalue weighted by atomic mass is 19.1. The number of para-hydroxylation sites is 1. The lowest BCUT2D eigenvalue weighted by Crippen LogP contribution is -2.37. The summed E-state index contributed by atoms with van der Waals surface area (Å²) in [5.74, 6) is -2.84. The molecule has 0 bridgehead atoms. The van der Waals surface area contributed by atoms with Gasteiger partial charge in [-0.2, -0.15) is 0 Å². The topological polar surface area (TPSA) is 79.4 Å². The van der Waals surface area contributed by atoms with Gasteiger partial charge < -0.3 is 5.32 Å². The SMILES string of the molecule is O=C(CN1C(=O)c2cccc(F)c2C1=O)Nc1cccc2cccnc12. The first-order valence-electron chi connectivity index (χ1n) is 7.84. The first kappa shape index (κ1) is 15.9. The second-order valence-corrected chi connectivity index (χ2v) is 5.79. The van der Waals surface area contributed by atoms with Gasteiger partial charge in [-0.25, -0.2) is 4.39 Å². The van der Waals surface area contributed by atoms with Gasteiger partial charge in [0.25, 0.3) is 11.8 Å². The molecule has 7 heteroatoms. The summed E-state index contributed by atoms with van der Waals surface area (Å²) in [7, 11) is 0. The standard InChI is InChI=1S/C19H12FN3O3/c20-13-7-2-6-12-16(13)19(26)23(18(12)25)10-15(24)22-14-8-1-4-11-5-3-9-21-17(11)14/h1-9H,10H2,(H,22,24). The number of hydrogen-bond donors (Lipinski definition) is 1. The van der Waals surface area contributed by atoms with Crippen molar-refractivity contribution in [3.05, 3.63) is 71.7 Å². The van der Waals surface area contributed by atoms with E-state index in [1.54, 1.807) is 24.4 Å². The minimum atomic E-state index is -0.811. The molecule has 2 heterocycles. The number of benzene rings is 2. The summed E-state index contributed by atoms with van der Waals surface area (Å²) in [6.45, 7) is -0.505. The molecule has 3 aromatic rings. The molecule has 0 spiro atoms. The van der Waals surface area contributed by atoms with Gasteiger partial charge in [-0.3, -0.25) is 24.3 Å². The number of halogens is 1. The van der Waals surface area contributed by atoms with Crippen molar-refractivity contribution in [1.29, 1.82) is 0 Å². The lowest BCUT2D eigenvalue weighted by molar-refractivity contribution is -0.116. The Balaban J connectivity index is 1.57. The molecule has 3 amide bonds. The van der Waals surface area contributed by atoms with Crippen LogP contribution in [-0.4, -0.2) is 34.2 Å². The molecular weight excluding hydrogens is 337 g/mol. The van der Waals surface area contributed by atoms with Crippen molar-refractivity contribution in [3.8, 4) is 0 Å². The predicted molar refractivity (Wildman–Crippen MR) is 92.1 cm³/mol. The van der Waals surface area contributed by atoms with Gasteiger partial charge in [0.1, 0.15) is 12.4 Å². The third-order valence-electron chi connectivity index (χ3n) is 4.16. The van der Waals surface area contributed by atoms with Crippen LogP contribution in [0.1, 0.15) is 20.7 Å². The van der Waals surface area contributed by atoms with Crippen LogP contribution in [0.25, 0.3) is 10.9 Å². The number of nitrogens with one attached hydrogen (secondary N) is 1. The summed E-state index contributed by atoms with van der Waals surface area (Å²) in [4.78, 5) is 41.9. The Kier molecular flexibility index (Phi) is 3.69. The number of aromatic nitrogens is 1. The van der Waals surface area contributed by atoms with Crippen LogP contribution >= 0.6 is 0 Å². The Labute approximate surface area is 147 Å². The van der Waals surface area contributed by atoms with E-state index < -0.39 is 30.1 Å². The number of carbonyl (C=O) groups excluding carboxylic acids is 3. The zero-order valence-electron chi connectivity index (χ0n) is 13.4. The van der Waals surface area contributed by atoms with Gasteiger partial charge in [-0.1, -0.05) is 24.3 Å². The zero-order valence-corrected chi connectivity index (χ0v) is 13.4. The summed E-state index contributed by atoms with van der Waals surface area (Å²) in [6, 6.07) is 12.7. The van der Waals surface area contributed by atoms with Gasteiger partial charge in [0, 0.05) is 11.6 Å². The Morgan fingerprint density at radius 1 is 1.04 bits per heavy atom. The van der Waals surface area contributed by atoms with Gasteiger partial charge in [0.15, 0.2) is 0 Å². The lowest BCUT2D eigenvalue weighted by atomic mass is 10.1. The van der Waals surface area contributed by atoms with Crippen molar-refractivity contribution < 1.29 is 18.8 Å². The Morgan fingerprint density at radius 2 is 1.81 bits per heavy atom. The van der Waals surface area contributed by atoms with Crippen LogP contribution in [0.3, 0.4) is 0 Å². The monoisotopic (exact) mass is 349 g/mol. The van der Waals surface area contributed by atoms with Crippen LogP contribution in [0, 0.1) is 5.82 Å². The van der Waals surface area contributed by atoms with Crippen molar-refractivity contribution in [2.45, 2.75) is 0 Å². The van der Waals surface area contributed by atoms with E-state index in [-0.39, 0.29) is 11.1 Å². The minimum absolute atomic E-state index is 0.0328. The number of amides is 3. The molecule has 1 N–H and O–H groups in total. The van der Waals surface area contributed by atoms with E-state index in [1.807, 2.05) is 12.1 Å². The van der Waals surface area contributed by atoms with Crippen LogP contribution in [0.15, 0.2) is 54.7 Å². The van der Waals surface area contributed by atoms with E-state index in [0.717, 1.165) is 16.4 Å². The summed E-state index contributed by atoms with van der Waals surface area (Å²) in [5.41, 5.74) is 0.736. The molecule has 4 rings (SSSR count). The molecule has 0 radical (unpaired) electrons. The summed E-state index contributed by atoms with van der Waals surface area (Å²) >= 11 is 0. The number of imide groups is 1. The largest absolute Gasteiger partial charge is 0.323 e. The van der Waals surface area contributed by atoms with Crippen molar-refractivity contribution in [1.82, 2.24) is 9.88 Å². The maximum Gasteiger partial charge on any atom is 0.265 e. The normalized spacial score (nSPS) is 13.2. The van der Waals surface area contributed by atoms with E-state index in [2.05, 4.69) is 10.3 Å². The first-order valence-corrected chi connectivity index (χ1v) is 7.84. The van der Waals surface area contributed by atoms with Crippen molar-refractivity contribution in [2.24, 2.45) is 0 Å². The molecule has 128 valence electrons. The second-order valence-electron chi connectivity index (χ2n) is 5.79. The number of pyridine rings is 1. The smallest absolute Gasteiger partial charge is 0.265 e. The molecule has 0 aliphatic carbocycles. The summed E-state index contributed by atoms with van der Waals surface area (Å²) in [5, 5.41) is 3.49. The number of fused-ring (bicyclic) bond motifs is 2. The number of carbonyl (C=O) groups is 3. The Bertz CT molecular complexity index is 1080. The van der Waals surface area contributed by atoms with E-state index in [4.69, 9.17) is 0 Å². The highest BCUT2D eigenvalue weighted by Gasteiger charge is 2.38. The van der Waals surface area contributed by atoms with Gasteiger partial charge >= 0.3 is 0 Å². The maximum atomic E-state index is 13.8. The summed E-state index contributed by atoms with van der Waals surface area (Å²) < 4.78 is 13.8. The molecule has 1 aliphatic rings. The fourth-order valence-electron chi connectivity index (χ4n) is 2.97. The van der Waals surface area contributed by atoms with Crippen LogP contribution in [-0.2, 0) is 4.79 Å². The van der Waals surface area contributed by atoms with Crippen LogP contribution in [0.2, 0.25) is 0 Å². The average molecular weight is 349 g/mol. The highest BCUT2D eigenvalue weighted by molar-refractivity contribution is 6.23. The zero-order chi connectivity index (χ0) is 18.3. The third kappa shape index (κ3) is 2.50. The third-order valence-corrected chi connectivity index (χ3v) is 4.16. The number of nitrogens with zero attached hydrogens (tertiary/aromatic N) is 2. The van der Waals surface area contributed by atoms with Crippen molar-refractivity contribution in [3.63, 3.8) is 0 Å². The Morgan fingerprint density at radius 3 is 2.62 bits per heavy atom. The molecule has 0 unspecified atom stereocenters. The molecule has 1 aliphatic heterocycles. The molecule has 2 aromatic carbocycles. The number of rotatable bonds is 3. The number of hydrogen-bond acceptors (Lipinski definition) is 4. The van der Waals surface area contributed by atoms with Gasteiger partial charge in [-0.15, -0.1) is 0 Å². The lowest BCUT2D eigenvalue weighted by Gasteiger charge is -2.14. The number of anilines is 1. The fourth-order valence-corrected chi connectivity index (χ4v) is 2.97. The fraction of sp³-hybridized carbons (Fsp3) is 0.0526. The van der Waals surface area contributed by atoms with Crippen molar-refractivity contribution >= 4 is 34.3 Å². The molecule has 6 nitrogen and oxygen atoms in total. The first-order chi connectivity index (χ1) is 12.6. The molecule has 0 fully saturated rings. The predicted octanol–water partition coefficient (Wildman–Crippen LogP) is 2.61. The van der Waals surface area contributed by atoms with Gasteiger partial charge in [0.05, 0.1) is 22.3 Å². The molecule has 1 aromatic heterocycles. The van der Waals surface area contributed by atoms with Crippen molar-refractivity contribution in [2.75, 3.05) is 11.9 Å². The second kappa shape index (κ2) is 6.03. The van der Waals surface area contributed by atoms with Crippen LogP contribution < -0.4 is 5.32 Å². The minimum Gasteiger partial charge on any atom is -0.323 e. The van der Waals surface area contributed by atoms with Gasteiger partial charge in [0.2, 0.25) is 5.91 Å². The Hall–Kier alpha value is -3.61. The van der Waals surface area contributed by atoms with E-state index in [0.29, 0.717) is 11.2 Å². The highest BCUT2D eigenvalue weighted by Crippen LogP contribution is 2.25. The maximum absolute atomic E-state index is 13.8. The molecule has 0 atom stereocenters. The molecule has 26 heavy (non-hydrogen) atoms. The van der Waals surface area contributed by atoms with E-state index in [1.165, 1.54) is 12.1 Å². The molecule has 0 saturated heterocycles. The quantitative estimate of drug-likeness (QED) is 0.737. The molecule has 0 saturated carbocycles. The van der Waals surface area contributed by atoms with E-state index >= 15 is 0 Å². The van der Waals surface area contributed by atoms with Crippen LogP contribution in [0.4, 0.5) is 10.1 Å².